The summed E-state index contributed by atoms with van der Waals surface area (Å²) in [6.07, 6.45) is -1.56. The molecule has 0 aliphatic rings. The zero-order valence-corrected chi connectivity index (χ0v) is 10.7. The Morgan fingerprint density at radius 3 is 2.53 bits per heavy atom. The van der Waals surface area contributed by atoms with E-state index in [0.29, 0.717) is 12.8 Å². The highest BCUT2D eigenvalue weighted by molar-refractivity contribution is 5.76. The Morgan fingerprint density at radius 1 is 1.32 bits per heavy atom. The summed E-state index contributed by atoms with van der Waals surface area (Å²) in [5.41, 5.74) is -0.579. The van der Waals surface area contributed by atoms with E-state index in [1.54, 1.807) is 0 Å². The Morgan fingerprint density at radius 2 is 2.00 bits per heavy atom. The molecular weight excluding hydrogens is 257 g/mol. The smallest absolute Gasteiger partial charge is 0.416 e. The van der Waals surface area contributed by atoms with Crippen LogP contribution in [0.5, 0.6) is 0 Å². The Bertz CT molecular complexity index is 427. The molecule has 0 radical (unpaired) electrons. The van der Waals surface area contributed by atoms with Crippen LogP contribution in [0.2, 0.25) is 0 Å². The molecule has 0 spiro atoms. The summed E-state index contributed by atoms with van der Waals surface area (Å²) in [7, 11) is 0. The van der Waals surface area contributed by atoms with Gasteiger partial charge >= 0.3 is 12.1 Å². The molecule has 1 rings (SSSR count). The summed E-state index contributed by atoms with van der Waals surface area (Å²) in [5, 5.41) is 9.14. The number of carbonyl (C=O) groups is 1. The van der Waals surface area contributed by atoms with E-state index < -0.39 is 23.6 Å². The van der Waals surface area contributed by atoms with Crippen molar-refractivity contribution in [1.29, 1.82) is 0 Å². The molecule has 0 heterocycles. The van der Waals surface area contributed by atoms with Gasteiger partial charge in [0.25, 0.3) is 0 Å². The van der Waals surface area contributed by atoms with Gasteiger partial charge in [-0.3, -0.25) is 4.79 Å². The Balaban J connectivity index is 2.93. The highest BCUT2D eigenvalue weighted by Crippen LogP contribution is 2.32. The SMILES string of the molecule is CCCCCC(C(=O)O)c1cccc(C(F)(F)F)c1. The van der Waals surface area contributed by atoms with Gasteiger partial charge in [-0.15, -0.1) is 0 Å². The van der Waals surface area contributed by atoms with Gasteiger partial charge in [-0.25, -0.2) is 0 Å². The number of halogens is 3. The molecule has 19 heavy (non-hydrogen) atoms. The fourth-order valence-electron chi connectivity index (χ4n) is 1.96. The highest BCUT2D eigenvalue weighted by Gasteiger charge is 2.31. The van der Waals surface area contributed by atoms with Crippen molar-refractivity contribution in [3.63, 3.8) is 0 Å². The third-order valence-electron chi connectivity index (χ3n) is 3.01. The van der Waals surface area contributed by atoms with Crippen molar-refractivity contribution in [2.45, 2.75) is 44.7 Å². The van der Waals surface area contributed by atoms with Gasteiger partial charge in [0.1, 0.15) is 0 Å². The number of benzene rings is 1. The van der Waals surface area contributed by atoms with E-state index >= 15 is 0 Å². The topological polar surface area (TPSA) is 37.3 Å². The molecule has 0 aliphatic heterocycles. The summed E-state index contributed by atoms with van der Waals surface area (Å²) in [6.45, 7) is 1.99. The summed E-state index contributed by atoms with van der Waals surface area (Å²) in [5.74, 6) is -1.94. The lowest BCUT2D eigenvalue weighted by atomic mass is 9.92. The van der Waals surface area contributed by atoms with Gasteiger partial charge in [0.15, 0.2) is 0 Å². The monoisotopic (exact) mass is 274 g/mol. The fraction of sp³-hybridized carbons (Fsp3) is 0.500. The number of hydrogen-bond acceptors (Lipinski definition) is 1. The number of aliphatic carboxylic acids is 1. The van der Waals surface area contributed by atoms with Crippen LogP contribution in [0.4, 0.5) is 13.2 Å². The summed E-state index contributed by atoms with van der Waals surface area (Å²) >= 11 is 0. The average Bonchev–Trinajstić information content (AvgIpc) is 2.33. The van der Waals surface area contributed by atoms with Crippen LogP contribution in [0, 0.1) is 0 Å². The molecule has 106 valence electrons. The number of carboxylic acid groups (broad SMARTS) is 1. The third-order valence-corrected chi connectivity index (χ3v) is 3.01. The first-order chi connectivity index (χ1) is 8.86. The molecule has 1 atom stereocenters. The van der Waals surface area contributed by atoms with E-state index in [-0.39, 0.29) is 5.56 Å². The number of carboxylic acids is 1. The molecule has 0 fully saturated rings. The average molecular weight is 274 g/mol. The first-order valence-corrected chi connectivity index (χ1v) is 6.26. The molecule has 1 N–H and O–H groups in total. The molecule has 2 nitrogen and oxygen atoms in total. The van der Waals surface area contributed by atoms with Crippen molar-refractivity contribution in [3.05, 3.63) is 35.4 Å². The maximum absolute atomic E-state index is 12.6. The second-order valence-corrected chi connectivity index (χ2v) is 4.51. The van der Waals surface area contributed by atoms with Crippen LogP contribution in [0.3, 0.4) is 0 Å². The van der Waals surface area contributed by atoms with E-state index in [1.165, 1.54) is 12.1 Å². The lowest BCUT2D eigenvalue weighted by Gasteiger charge is -2.14. The molecular formula is C14H17F3O2. The molecule has 1 aromatic rings. The lowest BCUT2D eigenvalue weighted by Crippen LogP contribution is -2.13. The molecule has 0 aromatic heterocycles. The number of alkyl halides is 3. The van der Waals surface area contributed by atoms with Crippen LogP contribution < -0.4 is 0 Å². The fourth-order valence-corrected chi connectivity index (χ4v) is 1.96. The van der Waals surface area contributed by atoms with Crippen molar-refractivity contribution < 1.29 is 23.1 Å². The van der Waals surface area contributed by atoms with Gasteiger partial charge in [0.05, 0.1) is 11.5 Å². The van der Waals surface area contributed by atoms with Gasteiger partial charge in [-0.05, 0) is 18.1 Å². The molecule has 0 saturated carbocycles. The van der Waals surface area contributed by atoms with Gasteiger partial charge in [0.2, 0.25) is 0 Å². The van der Waals surface area contributed by atoms with Crippen molar-refractivity contribution in [2.75, 3.05) is 0 Å². The van der Waals surface area contributed by atoms with Gasteiger partial charge in [-0.2, -0.15) is 13.2 Å². The second kappa shape index (κ2) is 6.59. The molecule has 0 amide bonds. The van der Waals surface area contributed by atoms with Crippen LogP contribution in [-0.2, 0) is 11.0 Å². The van der Waals surface area contributed by atoms with Crippen LogP contribution >= 0.6 is 0 Å². The minimum absolute atomic E-state index is 0.221. The van der Waals surface area contributed by atoms with Crippen molar-refractivity contribution >= 4 is 5.97 Å². The second-order valence-electron chi connectivity index (χ2n) is 4.51. The van der Waals surface area contributed by atoms with E-state index in [0.717, 1.165) is 25.0 Å². The molecule has 0 bridgehead atoms. The lowest BCUT2D eigenvalue weighted by molar-refractivity contribution is -0.140. The van der Waals surface area contributed by atoms with Crippen molar-refractivity contribution in [1.82, 2.24) is 0 Å². The van der Waals surface area contributed by atoms with E-state index in [4.69, 9.17) is 5.11 Å². The summed E-state index contributed by atoms with van der Waals surface area (Å²) < 4.78 is 37.8. The third kappa shape index (κ3) is 4.58. The molecule has 1 aromatic carbocycles. The summed E-state index contributed by atoms with van der Waals surface area (Å²) in [4.78, 5) is 11.2. The normalized spacial score (nSPS) is 13.3. The van der Waals surface area contributed by atoms with Gasteiger partial charge in [0, 0.05) is 0 Å². The Hall–Kier alpha value is -1.52. The number of rotatable bonds is 6. The maximum Gasteiger partial charge on any atom is 0.416 e. The van der Waals surface area contributed by atoms with E-state index in [1.807, 2.05) is 6.92 Å². The zero-order valence-electron chi connectivity index (χ0n) is 10.7. The van der Waals surface area contributed by atoms with Crippen molar-refractivity contribution in [2.24, 2.45) is 0 Å². The van der Waals surface area contributed by atoms with E-state index in [9.17, 15) is 18.0 Å². The van der Waals surface area contributed by atoms with Crippen LogP contribution in [-0.4, -0.2) is 11.1 Å². The molecule has 0 aliphatic carbocycles. The first-order valence-electron chi connectivity index (χ1n) is 6.26. The standard InChI is InChI=1S/C14H17F3O2/c1-2-3-4-8-12(13(18)19)10-6-5-7-11(9-10)14(15,16)17/h5-7,9,12H,2-4,8H2,1H3,(H,18,19). The minimum Gasteiger partial charge on any atom is -0.481 e. The van der Waals surface area contributed by atoms with E-state index in [2.05, 4.69) is 0 Å². The largest absolute Gasteiger partial charge is 0.481 e. The molecule has 0 saturated heterocycles. The Labute approximate surface area is 110 Å². The first kappa shape index (κ1) is 15.5. The van der Waals surface area contributed by atoms with Gasteiger partial charge < -0.3 is 5.11 Å². The van der Waals surface area contributed by atoms with Crippen LogP contribution in [0.1, 0.15) is 49.7 Å². The quantitative estimate of drug-likeness (QED) is 0.778. The maximum atomic E-state index is 12.6. The van der Waals surface area contributed by atoms with Gasteiger partial charge in [-0.1, -0.05) is 44.4 Å². The number of hydrogen-bond donors (Lipinski definition) is 1. The number of unbranched alkanes of at least 4 members (excludes halogenated alkanes) is 2. The van der Waals surface area contributed by atoms with Crippen molar-refractivity contribution in [3.8, 4) is 0 Å². The van der Waals surface area contributed by atoms with Crippen LogP contribution in [0.15, 0.2) is 24.3 Å². The van der Waals surface area contributed by atoms with Crippen LogP contribution in [0.25, 0.3) is 0 Å². The molecule has 1 unspecified atom stereocenters. The predicted octanol–water partition coefficient (Wildman–Crippen LogP) is 4.45. The summed E-state index contributed by atoms with van der Waals surface area (Å²) in [6, 6.07) is 4.59. The highest BCUT2D eigenvalue weighted by atomic mass is 19.4. The Kier molecular flexibility index (Phi) is 5.39. The zero-order chi connectivity index (χ0) is 14.5. The predicted molar refractivity (Wildman–Crippen MR) is 66.0 cm³/mol. The minimum atomic E-state index is -4.44. The molecule has 5 heteroatoms.